The van der Waals surface area contributed by atoms with Crippen LogP contribution in [0.5, 0.6) is 0 Å². The molecule has 1 saturated heterocycles. The van der Waals surface area contributed by atoms with Crippen molar-refractivity contribution in [2.75, 3.05) is 49.8 Å². The zero-order chi connectivity index (χ0) is 17.9. The summed E-state index contributed by atoms with van der Waals surface area (Å²) < 4.78 is 25.6. The van der Waals surface area contributed by atoms with Crippen LogP contribution < -0.4 is 4.31 Å². The molecule has 0 atom stereocenters. The van der Waals surface area contributed by atoms with Gasteiger partial charge in [-0.1, -0.05) is 18.5 Å². The van der Waals surface area contributed by atoms with E-state index in [0.717, 1.165) is 35.8 Å². The molecule has 0 N–H and O–H groups in total. The highest BCUT2D eigenvalue weighted by Crippen LogP contribution is 2.25. The minimum atomic E-state index is -3.57. The summed E-state index contributed by atoms with van der Waals surface area (Å²) >= 11 is 5.94. The van der Waals surface area contributed by atoms with E-state index in [-0.39, 0.29) is 12.5 Å². The third kappa shape index (κ3) is 4.62. The molecule has 24 heavy (non-hydrogen) atoms. The van der Waals surface area contributed by atoms with Crippen molar-refractivity contribution in [3.63, 3.8) is 0 Å². The van der Waals surface area contributed by atoms with E-state index in [0.29, 0.717) is 23.8 Å². The number of sulfonamides is 1. The smallest absolute Gasteiger partial charge is 0.243 e. The lowest BCUT2D eigenvalue weighted by Crippen LogP contribution is -2.51. The summed E-state index contributed by atoms with van der Waals surface area (Å²) in [7, 11) is -3.57. The fraction of sp³-hybridized carbons (Fsp3) is 0.562. The topological polar surface area (TPSA) is 60.9 Å². The molecule has 1 aromatic carbocycles. The first kappa shape index (κ1) is 19.0. The molecule has 2 rings (SSSR count). The second kappa shape index (κ2) is 7.72. The maximum atomic E-state index is 12.6. The Morgan fingerprint density at radius 1 is 1.25 bits per heavy atom. The Morgan fingerprint density at radius 3 is 2.38 bits per heavy atom. The largest absolute Gasteiger partial charge is 0.339 e. The molecule has 1 aliphatic heterocycles. The number of aryl methyl sites for hydroxylation is 1. The molecular weight excluding hydrogens is 350 g/mol. The van der Waals surface area contributed by atoms with Crippen molar-refractivity contribution >= 4 is 33.2 Å². The number of nitrogens with zero attached hydrogens (tertiary/aromatic N) is 3. The summed E-state index contributed by atoms with van der Waals surface area (Å²) in [6.45, 7) is 7.54. The summed E-state index contributed by atoms with van der Waals surface area (Å²) in [4.78, 5) is 16.6. The van der Waals surface area contributed by atoms with Crippen molar-refractivity contribution in [2.45, 2.75) is 13.8 Å². The molecule has 0 spiro atoms. The molecule has 0 bridgehead atoms. The van der Waals surface area contributed by atoms with Gasteiger partial charge in [-0.15, -0.1) is 0 Å². The number of likely N-dealkylation sites (N-methyl/N-ethyl adjacent to an activating group) is 1. The number of hydrogen-bond acceptors (Lipinski definition) is 4. The summed E-state index contributed by atoms with van der Waals surface area (Å²) in [5.74, 6) is -0.175. The molecule has 1 aliphatic rings. The molecule has 0 saturated carbocycles. The van der Waals surface area contributed by atoms with Crippen LogP contribution in [-0.2, 0) is 14.8 Å². The molecule has 134 valence electrons. The molecule has 0 unspecified atom stereocenters. The van der Waals surface area contributed by atoms with Gasteiger partial charge in [0.2, 0.25) is 15.9 Å². The molecule has 0 aliphatic carbocycles. The van der Waals surface area contributed by atoms with Crippen molar-refractivity contribution in [2.24, 2.45) is 0 Å². The van der Waals surface area contributed by atoms with E-state index >= 15 is 0 Å². The van der Waals surface area contributed by atoms with Gasteiger partial charge in [-0.3, -0.25) is 9.10 Å². The second-order valence-corrected chi connectivity index (χ2v) is 8.36. The molecule has 8 heteroatoms. The van der Waals surface area contributed by atoms with E-state index in [1.807, 2.05) is 0 Å². The maximum absolute atomic E-state index is 12.6. The number of rotatable bonds is 5. The molecule has 6 nitrogen and oxygen atoms in total. The SMILES string of the molecule is CCN1CCN(C(=O)CN(c2ccc(Cl)cc2C)S(C)(=O)=O)CC1. The lowest BCUT2D eigenvalue weighted by Gasteiger charge is -2.35. The van der Waals surface area contributed by atoms with E-state index in [2.05, 4.69) is 11.8 Å². The fourth-order valence-electron chi connectivity index (χ4n) is 2.82. The van der Waals surface area contributed by atoms with E-state index < -0.39 is 10.0 Å². The summed E-state index contributed by atoms with van der Waals surface area (Å²) in [6.07, 6.45) is 1.11. The van der Waals surface area contributed by atoms with Crippen molar-refractivity contribution < 1.29 is 13.2 Å². The van der Waals surface area contributed by atoms with Gasteiger partial charge in [-0.25, -0.2) is 8.42 Å². The van der Waals surface area contributed by atoms with Gasteiger partial charge in [0.05, 0.1) is 11.9 Å². The number of piperazine rings is 1. The minimum Gasteiger partial charge on any atom is -0.339 e. The van der Waals surface area contributed by atoms with Gasteiger partial charge in [-0.05, 0) is 37.2 Å². The predicted octanol–water partition coefficient (Wildman–Crippen LogP) is 1.58. The number of carbonyl (C=O) groups excluding carboxylic acids is 1. The fourth-order valence-corrected chi connectivity index (χ4v) is 3.95. The summed E-state index contributed by atoms with van der Waals surface area (Å²) in [6, 6.07) is 4.97. The first-order valence-corrected chi connectivity index (χ1v) is 10.2. The third-order valence-corrected chi connectivity index (χ3v) is 5.64. The average Bonchev–Trinajstić information content (AvgIpc) is 2.52. The highest BCUT2D eigenvalue weighted by Gasteiger charge is 2.27. The van der Waals surface area contributed by atoms with E-state index in [1.165, 1.54) is 0 Å². The van der Waals surface area contributed by atoms with Crippen LogP contribution in [0.2, 0.25) is 5.02 Å². The quantitative estimate of drug-likeness (QED) is 0.786. The van der Waals surface area contributed by atoms with Crippen molar-refractivity contribution in [3.8, 4) is 0 Å². The number of benzene rings is 1. The molecule has 1 fully saturated rings. The predicted molar refractivity (Wildman–Crippen MR) is 97.1 cm³/mol. The minimum absolute atomic E-state index is 0.175. The van der Waals surface area contributed by atoms with Crippen molar-refractivity contribution in [3.05, 3.63) is 28.8 Å². The van der Waals surface area contributed by atoms with Crippen molar-refractivity contribution in [1.29, 1.82) is 0 Å². The molecule has 0 aromatic heterocycles. The van der Waals surface area contributed by atoms with Crippen LogP contribution in [0.1, 0.15) is 12.5 Å². The van der Waals surface area contributed by atoms with Gasteiger partial charge in [0, 0.05) is 31.2 Å². The highest BCUT2D eigenvalue weighted by atomic mass is 35.5. The zero-order valence-corrected chi connectivity index (χ0v) is 15.9. The van der Waals surface area contributed by atoms with Gasteiger partial charge >= 0.3 is 0 Å². The lowest BCUT2D eigenvalue weighted by molar-refractivity contribution is -0.131. The van der Waals surface area contributed by atoms with Crippen LogP contribution in [0.4, 0.5) is 5.69 Å². The van der Waals surface area contributed by atoms with Crippen LogP contribution in [-0.4, -0.2) is 69.6 Å². The van der Waals surface area contributed by atoms with Crippen LogP contribution in [0.3, 0.4) is 0 Å². The zero-order valence-electron chi connectivity index (χ0n) is 14.3. The standard InChI is InChI=1S/C16H24ClN3O3S/c1-4-18-7-9-19(10-8-18)16(21)12-20(24(3,22)23)15-6-5-14(17)11-13(15)2/h5-6,11H,4,7-10,12H2,1-3H3. The molecule has 1 amide bonds. The van der Waals surface area contributed by atoms with Crippen LogP contribution in [0.15, 0.2) is 18.2 Å². The Morgan fingerprint density at radius 2 is 1.88 bits per heavy atom. The van der Waals surface area contributed by atoms with Crippen LogP contribution in [0, 0.1) is 6.92 Å². The van der Waals surface area contributed by atoms with E-state index in [9.17, 15) is 13.2 Å². The van der Waals surface area contributed by atoms with Gasteiger partial charge in [-0.2, -0.15) is 0 Å². The Kier molecular flexibility index (Phi) is 6.11. The summed E-state index contributed by atoms with van der Waals surface area (Å²) in [5, 5.41) is 0.534. The Bertz CT molecular complexity index is 701. The summed E-state index contributed by atoms with van der Waals surface area (Å²) in [5.41, 5.74) is 1.21. The monoisotopic (exact) mass is 373 g/mol. The molecular formula is C16H24ClN3O3S. The number of hydrogen-bond donors (Lipinski definition) is 0. The number of carbonyl (C=O) groups is 1. The number of anilines is 1. The highest BCUT2D eigenvalue weighted by molar-refractivity contribution is 7.92. The first-order valence-electron chi connectivity index (χ1n) is 7.96. The Balaban J connectivity index is 2.17. The molecule has 0 radical (unpaired) electrons. The Labute approximate surface area is 149 Å². The number of amides is 1. The number of halogens is 1. The van der Waals surface area contributed by atoms with E-state index in [1.54, 1.807) is 30.0 Å². The average molecular weight is 374 g/mol. The maximum Gasteiger partial charge on any atom is 0.243 e. The van der Waals surface area contributed by atoms with Gasteiger partial charge in [0.15, 0.2) is 0 Å². The molecule has 1 aromatic rings. The van der Waals surface area contributed by atoms with Crippen molar-refractivity contribution in [1.82, 2.24) is 9.80 Å². The van der Waals surface area contributed by atoms with Crippen LogP contribution in [0.25, 0.3) is 0 Å². The Hall–Kier alpha value is -1.31. The van der Waals surface area contributed by atoms with E-state index in [4.69, 9.17) is 11.6 Å². The van der Waals surface area contributed by atoms with Crippen LogP contribution >= 0.6 is 11.6 Å². The third-order valence-electron chi connectivity index (χ3n) is 4.28. The molecule has 1 heterocycles. The first-order chi connectivity index (χ1) is 11.2. The lowest BCUT2D eigenvalue weighted by atomic mass is 10.2. The second-order valence-electron chi connectivity index (χ2n) is 6.02. The normalized spacial score (nSPS) is 16.2. The van der Waals surface area contributed by atoms with Gasteiger partial charge in [0.25, 0.3) is 0 Å². The van der Waals surface area contributed by atoms with Gasteiger partial charge < -0.3 is 9.80 Å². The van der Waals surface area contributed by atoms with Gasteiger partial charge in [0.1, 0.15) is 6.54 Å².